The fourth-order valence-electron chi connectivity index (χ4n) is 4.68. The van der Waals surface area contributed by atoms with E-state index in [1.807, 2.05) is 25.1 Å². The van der Waals surface area contributed by atoms with Crippen LogP contribution >= 0.6 is 0 Å². The SMILES string of the molecule is [C-]#[N+]c1ccc2c(c1)CC(CC(=O)c1ccc(OC)c(OCCc3cccc(C)c3)c1)(C(=O)O)C2. The van der Waals surface area contributed by atoms with Crippen molar-refractivity contribution in [3.05, 3.63) is 99.9 Å². The zero-order valence-electron chi connectivity index (χ0n) is 19.8. The molecule has 0 radical (unpaired) electrons. The number of fused-ring (bicyclic) bond motifs is 1. The maximum Gasteiger partial charge on any atom is 0.310 e. The molecule has 178 valence electrons. The molecule has 1 aliphatic carbocycles. The highest BCUT2D eigenvalue weighted by Crippen LogP contribution is 2.42. The third-order valence-corrected chi connectivity index (χ3v) is 6.55. The highest BCUT2D eigenvalue weighted by molar-refractivity contribution is 5.99. The molecule has 0 aromatic heterocycles. The molecule has 0 fully saturated rings. The Balaban J connectivity index is 1.50. The number of nitrogens with zero attached hydrogens (tertiary/aromatic N) is 1. The molecule has 1 atom stereocenters. The Labute approximate surface area is 205 Å². The summed E-state index contributed by atoms with van der Waals surface area (Å²) in [6.07, 6.45) is 1.05. The van der Waals surface area contributed by atoms with Gasteiger partial charge in [0.2, 0.25) is 0 Å². The van der Waals surface area contributed by atoms with Crippen LogP contribution in [0.4, 0.5) is 5.69 Å². The molecule has 0 aliphatic heterocycles. The summed E-state index contributed by atoms with van der Waals surface area (Å²) in [6.45, 7) is 9.66. The van der Waals surface area contributed by atoms with Gasteiger partial charge in [0, 0.05) is 18.4 Å². The van der Waals surface area contributed by atoms with Crippen molar-refractivity contribution in [2.24, 2.45) is 5.41 Å². The van der Waals surface area contributed by atoms with Gasteiger partial charge >= 0.3 is 5.97 Å². The average molecular weight is 470 g/mol. The van der Waals surface area contributed by atoms with Crippen molar-refractivity contribution in [2.45, 2.75) is 32.6 Å². The maximum atomic E-state index is 13.3. The van der Waals surface area contributed by atoms with Crippen LogP contribution in [0.15, 0.2) is 60.7 Å². The van der Waals surface area contributed by atoms with E-state index in [0.29, 0.717) is 35.8 Å². The number of ketones is 1. The summed E-state index contributed by atoms with van der Waals surface area (Å²) >= 11 is 0. The second kappa shape index (κ2) is 10.0. The van der Waals surface area contributed by atoms with Crippen molar-refractivity contribution >= 4 is 17.4 Å². The summed E-state index contributed by atoms with van der Waals surface area (Å²) in [7, 11) is 1.54. The first-order valence-corrected chi connectivity index (χ1v) is 11.5. The molecule has 6 nitrogen and oxygen atoms in total. The van der Waals surface area contributed by atoms with Crippen LogP contribution < -0.4 is 9.47 Å². The van der Waals surface area contributed by atoms with Gasteiger partial charge in [-0.05, 0) is 49.1 Å². The highest BCUT2D eigenvalue weighted by Gasteiger charge is 2.45. The van der Waals surface area contributed by atoms with Crippen LogP contribution in [-0.2, 0) is 24.1 Å². The molecule has 0 amide bonds. The van der Waals surface area contributed by atoms with Gasteiger partial charge in [-0.2, -0.15) is 0 Å². The van der Waals surface area contributed by atoms with E-state index < -0.39 is 11.4 Å². The maximum absolute atomic E-state index is 13.3. The van der Waals surface area contributed by atoms with Crippen molar-refractivity contribution < 1.29 is 24.2 Å². The summed E-state index contributed by atoms with van der Waals surface area (Å²) in [5.74, 6) is -0.309. The highest BCUT2D eigenvalue weighted by atomic mass is 16.5. The van der Waals surface area contributed by atoms with Gasteiger partial charge in [0.1, 0.15) is 0 Å². The molecule has 0 heterocycles. The van der Waals surface area contributed by atoms with E-state index in [-0.39, 0.29) is 25.0 Å². The molecular formula is C29H27NO5. The fraction of sp³-hybridized carbons (Fsp3) is 0.276. The number of benzene rings is 3. The predicted molar refractivity (Wildman–Crippen MR) is 133 cm³/mol. The Morgan fingerprint density at radius 1 is 1.03 bits per heavy atom. The van der Waals surface area contributed by atoms with E-state index in [1.165, 1.54) is 12.7 Å². The first kappa shape index (κ1) is 24.0. The quantitative estimate of drug-likeness (QED) is 0.325. The number of ether oxygens (including phenoxy) is 2. The van der Waals surface area contributed by atoms with Crippen LogP contribution in [0, 0.1) is 18.9 Å². The number of aryl methyl sites for hydroxylation is 1. The van der Waals surface area contributed by atoms with Crippen molar-refractivity contribution in [3.63, 3.8) is 0 Å². The normalized spacial score (nSPS) is 16.3. The number of hydrogen-bond donors (Lipinski definition) is 1. The van der Waals surface area contributed by atoms with Crippen molar-refractivity contribution in [2.75, 3.05) is 13.7 Å². The number of methoxy groups -OCH3 is 1. The van der Waals surface area contributed by atoms with Gasteiger partial charge in [0.15, 0.2) is 23.0 Å². The van der Waals surface area contributed by atoms with Gasteiger partial charge in [0.05, 0.1) is 25.7 Å². The van der Waals surface area contributed by atoms with E-state index in [9.17, 15) is 14.7 Å². The fourth-order valence-corrected chi connectivity index (χ4v) is 4.68. The first-order valence-electron chi connectivity index (χ1n) is 11.5. The second-order valence-electron chi connectivity index (χ2n) is 9.06. The van der Waals surface area contributed by atoms with Gasteiger partial charge in [-0.3, -0.25) is 9.59 Å². The summed E-state index contributed by atoms with van der Waals surface area (Å²) in [5, 5.41) is 10.1. The molecule has 0 bridgehead atoms. The van der Waals surface area contributed by atoms with Crippen LogP contribution in [0.5, 0.6) is 11.5 Å². The lowest BCUT2D eigenvalue weighted by Crippen LogP contribution is -2.34. The Morgan fingerprint density at radius 3 is 2.54 bits per heavy atom. The molecule has 6 heteroatoms. The molecule has 1 aliphatic rings. The Bertz CT molecular complexity index is 1320. The van der Waals surface area contributed by atoms with Gasteiger partial charge in [-0.1, -0.05) is 53.6 Å². The monoisotopic (exact) mass is 469 g/mol. The summed E-state index contributed by atoms with van der Waals surface area (Å²) < 4.78 is 11.4. The molecule has 35 heavy (non-hydrogen) atoms. The smallest absolute Gasteiger partial charge is 0.310 e. The van der Waals surface area contributed by atoms with E-state index in [2.05, 4.69) is 10.9 Å². The third kappa shape index (κ3) is 5.20. The molecular weight excluding hydrogens is 442 g/mol. The molecule has 3 aromatic carbocycles. The molecule has 1 unspecified atom stereocenters. The standard InChI is InChI=1S/C29H27NO5/c1-19-5-4-6-20(13-19)11-12-35-27-15-21(8-10-26(27)34-3)25(31)18-29(28(32)33)16-22-7-9-24(30-2)14-23(22)17-29/h4-10,13-15H,11-12,16-18H2,1,3H3,(H,32,33). The van der Waals surface area contributed by atoms with Gasteiger partial charge in [0.25, 0.3) is 0 Å². The molecule has 1 N–H and O–H groups in total. The number of rotatable bonds is 9. The second-order valence-corrected chi connectivity index (χ2v) is 9.06. The van der Waals surface area contributed by atoms with E-state index in [1.54, 1.807) is 36.4 Å². The Hall–Kier alpha value is -4.11. The van der Waals surface area contributed by atoms with Crippen molar-refractivity contribution in [1.82, 2.24) is 0 Å². The van der Waals surface area contributed by atoms with Crippen LogP contribution in [0.1, 0.15) is 39.0 Å². The summed E-state index contributed by atoms with van der Waals surface area (Å²) in [4.78, 5) is 29.0. The Morgan fingerprint density at radius 2 is 1.83 bits per heavy atom. The number of Topliss-reactive ketones (excluding diaryl/α,β-unsaturated/α-hetero) is 1. The number of carbonyl (C=O) groups is 2. The lowest BCUT2D eigenvalue weighted by molar-refractivity contribution is -0.148. The van der Waals surface area contributed by atoms with E-state index in [0.717, 1.165) is 16.7 Å². The number of hydrogen-bond acceptors (Lipinski definition) is 4. The average Bonchev–Trinajstić information content (AvgIpc) is 3.22. The third-order valence-electron chi connectivity index (χ3n) is 6.55. The minimum atomic E-state index is -1.23. The molecule has 0 saturated carbocycles. The molecule has 0 saturated heterocycles. The number of carboxylic acid groups (broad SMARTS) is 1. The van der Waals surface area contributed by atoms with Gasteiger partial charge < -0.3 is 14.6 Å². The minimum Gasteiger partial charge on any atom is -0.493 e. The van der Waals surface area contributed by atoms with Gasteiger partial charge in [-0.25, -0.2) is 4.85 Å². The lowest BCUT2D eigenvalue weighted by atomic mass is 9.79. The Kier molecular flexibility index (Phi) is 6.88. The van der Waals surface area contributed by atoms with Crippen LogP contribution in [0.25, 0.3) is 4.85 Å². The van der Waals surface area contributed by atoms with Gasteiger partial charge in [-0.15, -0.1) is 0 Å². The first-order chi connectivity index (χ1) is 16.8. The molecule has 4 rings (SSSR count). The summed E-state index contributed by atoms with van der Waals surface area (Å²) in [5.41, 5.74) is 3.66. The van der Waals surface area contributed by atoms with Crippen LogP contribution in [-0.4, -0.2) is 30.6 Å². The number of carbonyl (C=O) groups excluding carboxylic acids is 1. The lowest BCUT2D eigenvalue weighted by Gasteiger charge is -2.23. The predicted octanol–water partition coefficient (Wildman–Crippen LogP) is 5.62. The largest absolute Gasteiger partial charge is 0.493 e. The number of carboxylic acids is 1. The van der Waals surface area contributed by atoms with Crippen molar-refractivity contribution in [1.29, 1.82) is 0 Å². The topological polar surface area (TPSA) is 77.2 Å². The van der Waals surface area contributed by atoms with E-state index >= 15 is 0 Å². The molecule has 3 aromatic rings. The molecule has 0 spiro atoms. The van der Waals surface area contributed by atoms with Crippen LogP contribution in [0.3, 0.4) is 0 Å². The zero-order valence-corrected chi connectivity index (χ0v) is 19.8. The zero-order chi connectivity index (χ0) is 25.0. The summed E-state index contributed by atoms with van der Waals surface area (Å²) in [6, 6.07) is 18.4. The minimum absolute atomic E-state index is 0.139. The number of aliphatic carboxylic acids is 1. The van der Waals surface area contributed by atoms with E-state index in [4.69, 9.17) is 16.0 Å². The van der Waals surface area contributed by atoms with Crippen molar-refractivity contribution in [3.8, 4) is 11.5 Å². The van der Waals surface area contributed by atoms with Crippen LogP contribution in [0.2, 0.25) is 0 Å².